The number of ether oxygens (including phenoxy) is 2. The lowest BCUT2D eigenvalue weighted by Gasteiger charge is -2.20. The van der Waals surface area contributed by atoms with Crippen molar-refractivity contribution in [2.45, 2.75) is 167 Å². The van der Waals surface area contributed by atoms with Crippen LogP contribution < -0.4 is 0 Å². The largest absolute Gasteiger partial charge is 0.391 e. The Morgan fingerprint density at radius 2 is 1.00 bits per heavy atom. The molecule has 0 heterocycles. The second-order valence-corrected chi connectivity index (χ2v) is 10.4. The van der Waals surface area contributed by atoms with Gasteiger partial charge in [0.25, 0.3) is 0 Å². The SMILES string of the molecule is C=CCOCC(CCCCCCCCCCCC)OCC(O)CCCCCCCCCCCC. The number of rotatable bonds is 29. The average Bonchev–Trinajstić information content (AvgIpc) is 2.84. The van der Waals surface area contributed by atoms with E-state index in [9.17, 15) is 5.11 Å². The zero-order valence-electron chi connectivity index (χ0n) is 23.4. The highest BCUT2D eigenvalue weighted by Gasteiger charge is 2.12. The van der Waals surface area contributed by atoms with E-state index in [2.05, 4.69) is 20.4 Å². The molecule has 0 saturated heterocycles. The molecular formula is C31H62O3. The zero-order valence-corrected chi connectivity index (χ0v) is 23.4. The first-order valence-electron chi connectivity index (χ1n) is 15.2. The van der Waals surface area contributed by atoms with E-state index in [1.54, 1.807) is 6.08 Å². The quantitative estimate of drug-likeness (QED) is 0.0851. The van der Waals surface area contributed by atoms with Gasteiger partial charge in [0.1, 0.15) is 0 Å². The Morgan fingerprint density at radius 1 is 0.588 bits per heavy atom. The smallest absolute Gasteiger partial charge is 0.0810 e. The van der Waals surface area contributed by atoms with Crippen LogP contribution in [0.25, 0.3) is 0 Å². The van der Waals surface area contributed by atoms with Gasteiger partial charge in [-0.25, -0.2) is 0 Å². The maximum atomic E-state index is 10.4. The third kappa shape index (κ3) is 26.2. The van der Waals surface area contributed by atoms with Gasteiger partial charge in [0.05, 0.1) is 32.0 Å². The standard InChI is InChI=1S/C31H62O3/c1-4-7-9-11-13-15-17-19-21-23-25-30(32)28-34-31(29-33-27-6-3)26-24-22-20-18-16-14-12-10-8-5-2/h6,30-32H,3-5,7-29H2,1-2H3. The summed E-state index contributed by atoms with van der Waals surface area (Å²) < 4.78 is 11.7. The van der Waals surface area contributed by atoms with E-state index in [0.717, 1.165) is 19.3 Å². The molecule has 0 aliphatic heterocycles. The molecule has 1 N–H and O–H groups in total. The van der Waals surface area contributed by atoms with Gasteiger partial charge in [0.15, 0.2) is 0 Å². The number of hydrogen-bond donors (Lipinski definition) is 1. The number of unbranched alkanes of at least 4 members (excludes halogenated alkanes) is 18. The molecule has 0 spiro atoms. The van der Waals surface area contributed by atoms with Gasteiger partial charge in [-0.15, -0.1) is 6.58 Å². The molecule has 2 atom stereocenters. The molecule has 0 saturated carbocycles. The van der Waals surface area contributed by atoms with E-state index >= 15 is 0 Å². The summed E-state index contributed by atoms with van der Waals surface area (Å²) >= 11 is 0. The Hall–Kier alpha value is -0.380. The highest BCUT2D eigenvalue weighted by molar-refractivity contribution is 4.66. The molecule has 0 aromatic rings. The van der Waals surface area contributed by atoms with Crippen LogP contribution in [0.4, 0.5) is 0 Å². The van der Waals surface area contributed by atoms with Crippen molar-refractivity contribution >= 4 is 0 Å². The van der Waals surface area contributed by atoms with Gasteiger partial charge in [0, 0.05) is 0 Å². The third-order valence-corrected chi connectivity index (χ3v) is 6.83. The molecule has 204 valence electrons. The first-order valence-corrected chi connectivity index (χ1v) is 15.2. The lowest BCUT2D eigenvalue weighted by molar-refractivity contribution is -0.0506. The van der Waals surface area contributed by atoms with E-state index in [-0.39, 0.29) is 12.2 Å². The predicted octanol–water partition coefficient (Wildman–Crippen LogP) is 9.56. The van der Waals surface area contributed by atoms with Crippen molar-refractivity contribution in [3.63, 3.8) is 0 Å². The molecule has 0 rings (SSSR count). The summed E-state index contributed by atoms with van der Waals surface area (Å²) in [5.74, 6) is 0. The van der Waals surface area contributed by atoms with Gasteiger partial charge >= 0.3 is 0 Å². The van der Waals surface area contributed by atoms with Crippen LogP contribution in [0.5, 0.6) is 0 Å². The highest BCUT2D eigenvalue weighted by Crippen LogP contribution is 2.15. The van der Waals surface area contributed by atoms with E-state index in [0.29, 0.717) is 19.8 Å². The van der Waals surface area contributed by atoms with Gasteiger partial charge in [-0.3, -0.25) is 0 Å². The van der Waals surface area contributed by atoms with Gasteiger partial charge in [-0.1, -0.05) is 148 Å². The van der Waals surface area contributed by atoms with Crippen LogP contribution >= 0.6 is 0 Å². The van der Waals surface area contributed by atoms with Crippen LogP contribution in [-0.2, 0) is 9.47 Å². The van der Waals surface area contributed by atoms with Crippen LogP contribution in [-0.4, -0.2) is 37.1 Å². The summed E-state index contributed by atoms with van der Waals surface area (Å²) in [6.07, 6.45) is 30.2. The van der Waals surface area contributed by atoms with E-state index in [1.165, 1.54) is 122 Å². The summed E-state index contributed by atoms with van der Waals surface area (Å²) in [6.45, 7) is 9.90. The Labute approximate surface area is 214 Å². The lowest BCUT2D eigenvalue weighted by atomic mass is 10.0. The minimum Gasteiger partial charge on any atom is -0.391 e. The number of hydrogen-bond acceptors (Lipinski definition) is 3. The molecule has 0 aromatic heterocycles. The Morgan fingerprint density at radius 3 is 1.44 bits per heavy atom. The molecular weight excluding hydrogens is 420 g/mol. The van der Waals surface area contributed by atoms with Crippen molar-refractivity contribution in [2.75, 3.05) is 19.8 Å². The van der Waals surface area contributed by atoms with Gasteiger partial charge in [0.2, 0.25) is 0 Å². The number of aliphatic hydroxyl groups excluding tert-OH is 1. The van der Waals surface area contributed by atoms with Crippen molar-refractivity contribution in [3.05, 3.63) is 12.7 Å². The molecule has 0 fully saturated rings. The fourth-order valence-corrected chi connectivity index (χ4v) is 4.55. The first-order chi connectivity index (χ1) is 16.7. The summed E-state index contributed by atoms with van der Waals surface area (Å²) in [4.78, 5) is 0. The minimum atomic E-state index is -0.344. The molecule has 3 nitrogen and oxygen atoms in total. The summed E-state index contributed by atoms with van der Waals surface area (Å²) in [5.41, 5.74) is 0. The zero-order chi connectivity index (χ0) is 25.0. The second-order valence-electron chi connectivity index (χ2n) is 10.4. The molecule has 0 aliphatic carbocycles. The van der Waals surface area contributed by atoms with Crippen molar-refractivity contribution in [3.8, 4) is 0 Å². The normalized spacial score (nSPS) is 13.3. The molecule has 0 bridgehead atoms. The molecule has 0 amide bonds. The van der Waals surface area contributed by atoms with E-state index < -0.39 is 0 Å². The van der Waals surface area contributed by atoms with E-state index in [1.807, 2.05) is 0 Å². The monoisotopic (exact) mass is 482 g/mol. The molecule has 2 unspecified atom stereocenters. The molecule has 34 heavy (non-hydrogen) atoms. The van der Waals surface area contributed by atoms with Crippen LogP contribution in [0.2, 0.25) is 0 Å². The lowest BCUT2D eigenvalue weighted by Crippen LogP contribution is -2.25. The van der Waals surface area contributed by atoms with Crippen LogP contribution in [0.3, 0.4) is 0 Å². The minimum absolute atomic E-state index is 0.0938. The van der Waals surface area contributed by atoms with Crippen molar-refractivity contribution in [1.82, 2.24) is 0 Å². The summed E-state index contributed by atoms with van der Waals surface area (Å²) in [5, 5.41) is 10.4. The summed E-state index contributed by atoms with van der Waals surface area (Å²) in [6, 6.07) is 0. The average molecular weight is 483 g/mol. The topological polar surface area (TPSA) is 38.7 Å². The van der Waals surface area contributed by atoms with E-state index in [4.69, 9.17) is 9.47 Å². The third-order valence-electron chi connectivity index (χ3n) is 6.83. The molecule has 3 heteroatoms. The maximum Gasteiger partial charge on any atom is 0.0810 e. The maximum absolute atomic E-state index is 10.4. The molecule has 0 aliphatic rings. The van der Waals surface area contributed by atoms with Crippen molar-refractivity contribution in [1.29, 1.82) is 0 Å². The van der Waals surface area contributed by atoms with Gasteiger partial charge < -0.3 is 14.6 Å². The highest BCUT2D eigenvalue weighted by atomic mass is 16.5. The van der Waals surface area contributed by atoms with Gasteiger partial charge in [-0.05, 0) is 12.8 Å². The Balaban J connectivity index is 3.75. The first kappa shape index (κ1) is 33.6. The Bertz CT molecular complexity index is 385. The molecule has 0 aromatic carbocycles. The van der Waals surface area contributed by atoms with Crippen LogP contribution in [0.1, 0.15) is 155 Å². The predicted molar refractivity (Wildman–Crippen MR) is 150 cm³/mol. The molecule has 0 radical (unpaired) electrons. The van der Waals surface area contributed by atoms with Crippen molar-refractivity contribution < 1.29 is 14.6 Å². The summed E-state index contributed by atoms with van der Waals surface area (Å²) in [7, 11) is 0. The van der Waals surface area contributed by atoms with Gasteiger partial charge in [-0.2, -0.15) is 0 Å². The van der Waals surface area contributed by atoms with Crippen molar-refractivity contribution in [2.24, 2.45) is 0 Å². The number of aliphatic hydroxyl groups is 1. The fourth-order valence-electron chi connectivity index (χ4n) is 4.55. The van der Waals surface area contributed by atoms with Crippen LogP contribution in [0.15, 0.2) is 12.7 Å². The second kappa shape index (κ2) is 28.9. The fraction of sp³-hybridized carbons (Fsp3) is 0.935. The van der Waals surface area contributed by atoms with Crippen LogP contribution in [0, 0.1) is 0 Å². The Kier molecular flexibility index (Phi) is 28.5.